The summed E-state index contributed by atoms with van der Waals surface area (Å²) in [4.78, 5) is 22.8. The number of likely N-dealkylation sites (tertiary alicyclic amines) is 1. The Morgan fingerprint density at radius 3 is 2.67 bits per heavy atom. The van der Waals surface area contributed by atoms with E-state index in [0.717, 1.165) is 34.1 Å². The summed E-state index contributed by atoms with van der Waals surface area (Å²) in [6, 6.07) is 11.2. The topological polar surface area (TPSA) is 55.3 Å². The molecule has 0 aliphatic carbocycles. The predicted octanol–water partition coefficient (Wildman–Crippen LogP) is 5.24. The first kappa shape index (κ1) is 17.9. The predicted molar refractivity (Wildman–Crippen MR) is 106 cm³/mol. The van der Waals surface area contributed by atoms with Crippen LogP contribution in [0.1, 0.15) is 23.8 Å². The van der Waals surface area contributed by atoms with E-state index in [4.69, 9.17) is 21.3 Å². The van der Waals surface area contributed by atoms with E-state index in [2.05, 4.69) is 10.4 Å². The maximum absolute atomic E-state index is 12.3. The molecule has 0 bridgehead atoms. The maximum Gasteiger partial charge on any atom is 0.415 e. The van der Waals surface area contributed by atoms with Gasteiger partial charge < -0.3 is 9.64 Å². The molecular formula is C20H18ClN3O2S. The summed E-state index contributed by atoms with van der Waals surface area (Å²) in [7, 11) is 0. The molecule has 0 saturated carbocycles. The van der Waals surface area contributed by atoms with Gasteiger partial charge >= 0.3 is 6.09 Å². The van der Waals surface area contributed by atoms with Gasteiger partial charge in [-0.2, -0.15) is 0 Å². The van der Waals surface area contributed by atoms with Crippen LogP contribution in [0.25, 0.3) is 11.3 Å². The number of hydrogen-bond donors (Lipinski definition) is 0. The third-order valence-electron chi connectivity index (χ3n) is 4.60. The molecule has 3 aromatic rings. The SMILES string of the molecule is O=C(Oc1cccnc1)N1CCC(c2nc(-c3ccc(Cl)cc3)cs2)CC1. The Morgan fingerprint density at radius 1 is 1.19 bits per heavy atom. The number of piperidine rings is 1. The molecule has 0 spiro atoms. The molecule has 7 heteroatoms. The quantitative estimate of drug-likeness (QED) is 0.604. The van der Waals surface area contributed by atoms with E-state index in [9.17, 15) is 4.79 Å². The Balaban J connectivity index is 1.35. The van der Waals surface area contributed by atoms with Crippen molar-refractivity contribution in [2.45, 2.75) is 18.8 Å². The van der Waals surface area contributed by atoms with Crippen LogP contribution in [0.4, 0.5) is 4.79 Å². The summed E-state index contributed by atoms with van der Waals surface area (Å²) in [6.45, 7) is 1.33. The first-order chi connectivity index (χ1) is 13.2. The highest BCUT2D eigenvalue weighted by atomic mass is 35.5. The zero-order valence-corrected chi connectivity index (χ0v) is 16.1. The summed E-state index contributed by atoms with van der Waals surface area (Å²) in [6.07, 6.45) is 4.64. The van der Waals surface area contributed by atoms with Gasteiger partial charge in [0.25, 0.3) is 0 Å². The molecule has 1 fully saturated rings. The average Bonchev–Trinajstić information content (AvgIpc) is 3.20. The van der Waals surface area contributed by atoms with Gasteiger partial charge in [0.05, 0.1) is 16.9 Å². The molecule has 0 N–H and O–H groups in total. The minimum Gasteiger partial charge on any atom is -0.409 e. The van der Waals surface area contributed by atoms with Crippen LogP contribution in [0.5, 0.6) is 5.75 Å². The standard InChI is InChI=1S/C20H18ClN3O2S/c21-16-5-3-14(4-6-16)18-13-27-19(23-18)15-7-10-24(11-8-15)20(25)26-17-2-1-9-22-12-17/h1-6,9,12-13,15H,7-8,10-11H2. The number of benzene rings is 1. The minimum absolute atomic E-state index is 0.317. The Kier molecular flexibility index (Phi) is 5.36. The number of halogens is 1. The molecule has 5 nitrogen and oxygen atoms in total. The number of carbonyl (C=O) groups is 1. The van der Waals surface area contributed by atoms with Crippen LogP contribution < -0.4 is 4.74 Å². The highest BCUT2D eigenvalue weighted by Gasteiger charge is 2.27. The number of carbonyl (C=O) groups excluding carboxylic acids is 1. The van der Waals surface area contributed by atoms with Crippen LogP contribution in [0.2, 0.25) is 5.02 Å². The van der Waals surface area contributed by atoms with Crippen LogP contribution in [0, 0.1) is 0 Å². The number of pyridine rings is 1. The van der Waals surface area contributed by atoms with Crippen molar-refractivity contribution < 1.29 is 9.53 Å². The van der Waals surface area contributed by atoms with Crippen LogP contribution in [-0.4, -0.2) is 34.1 Å². The van der Waals surface area contributed by atoms with Crippen molar-refractivity contribution in [1.29, 1.82) is 0 Å². The average molecular weight is 400 g/mol. The van der Waals surface area contributed by atoms with Gasteiger partial charge in [0.1, 0.15) is 0 Å². The van der Waals surface area contributed by atoms with E-state index in [0.29, 0.717) is 24.8 Å². The molecule has 3 heterocycles. The van der Waals surface area contributed by atoms with E-state index in [1.807, 2.05) is 24.3 Å². The molecule has 4 rings (SSSR count). The number of aromatic nitrogens is 2. The molecule has 1 saturated heterocycles. The molecule has 138 valence electrons. The van der Waals surface area contributed by atoms with Gasteiger partial charge in [0.2, 0.25) is 0 Å². The van der Waals surface area contributed by atoms with Gasteiger partial charge in [-0.15, -0.1) is 11.3 Å². The largest absolute Gasteiger partial charge is 0.415 e. The fourth-order valence-electron chi connectivity index (χ4n) is 3.11. The second-order valence-corrected chi connectivity index (χ2v) is 7.72. The summed E-state index contributed by atoms with van der Waals surface area (Å²) in [5.74, 6) is 0.843. The maximum atomic E-state index is 12.3. The first-order valence-electron chi connectivity index (χ1n) is 8.77. The lowest BCUT2D eigenvalue weighted by Gasteiger charge is -2.30. The van der Waals surface area contributed by atoms with Gasteiger partial charge in [-0.25, -0.2) is 9.78 Å². The summed E-state index contributed by atoms with van der Waals surface area (Å²) in [5, 5.41) is 3.93. The third kappa shape index (κ3) is 4.28. The van der Waals surface area contributed by atoms with Crippen LogP contribution in [0.15, 0.2) is 54.2 Å². The van der Waals surface area contributed by atoms with Gasteiger partial charge in [-0.05, 0) is 37.1 Å². The Bertz CT molecular complexity index is 906. The van der Waals surface area contributed by atoms with Crippen molar-refractivity contribution >= 4 is 29.0 Å². The van der Waals surface area contributed by atoms with Crippen molar-refractivity contribution in [3.63, 3.8) is 0 Å². The van der Waals surface area contributed by atoms with Crippen LogP contribution in [-0.2, 0) is 0 Å². The lowest BCUT2D eigenvalue weighted by Crippen LogP contribution is -2.39. The zero-order chi connectivity index (χ0) is 18.6. The smallest absolute Gasteiger partial charge is 0.409 e. The van der Waals surface area contributed by atoms with Gasteiger partial charge in [0, 0.05) is 41.2 Å². The second-order valence-electron chi connectivity index (χ2n) is 6.40. The van der Waals surface area contributed by atoms with Crippen molar-refractivity contribution in [2.24, 2.45) is 0 Å². The molecule has 0 unspecified atom stereocenters. The summed E-state index contributed by atoms with van der Waals surface area (Å²) in [5.41, 5.74) is 2.05. The van der Waals surface area contributed by atoms with Crippen molar-refractivity contribution in [3.05, 3.63) is 64.2 Å². The number of rotatable bonds is 3. The Hall–Kier alpha value is -2.44. The number of ether oxygens (including phenoxy) is 1. The molecule has 0 radical (unpaired) electrons. The number of amides is 1. The minimum atomic E-state index is -0.317. The number of hydrogen-bond acceptors (Lipinski definition) is 5. The van der Waals surface area contributed by atoms with Crippen molar-refractivity contribution in [1.82, 2.24) is 14.9 Å². The first-order valence-corrected chi connectivity index (χ1v) is 10.0. The lowest BCUT2D eigenvalue weighted by atomic mass is 9.98. The molecule has 0 atom stereocenters. The van der Waals surface area contributed by atoms with Crippen LogP contribution >= 0.6 is 22.9 Å². The molecule has 1 aliphatic rings. The summed E-state index contributed by atoms with van der Waals surface area (Å²) < 4.78 is 5.37. The highest BCUT2D eigenvalue weighted by Crippen LogP contribution is 2.33. The molecule has 27 heavy (non-hydrogen) atoms. The van der Waals surface area contributed by atoms with E-state index < -0.39 is 0 Å². The zero-order valence-electron chi connectivity index (χ0n) is 14.5. The summed E-state index contributed by atoms with van der Waals surface area (Å²) >= 11 is 7.63. The van der Waals surface area contributed by atoms with Crippen molar-refractivity contribution in [3.8, 4) is 17.0 Å². The Morgan fingerprint density at radius 2 is 1.96 bits per heavy atom. The van der Waals surface area contributed by atoms with Crippen molar-refractivity contribution in [2.75, 3.05) is 13.1 Å². The lowest BCUT2D eigenvalue weighted by molar-refractivity contribution is 0.138. The van der Waals surface area contributed by atoms with Gasteiger partial charge in [0.15, 0.2) is 5.75 Å². The van der Waals surface area contributed by atoms with E-state index in [1.165, 1.54) is 0 Å². The highest BCUT2D eigenvalue weighted by molar-refractivity contribution is 7.10. The van der Waals surface area contributed by atoms with E-state index in [-0.39, 0.29) is 6.09 Å². The van der Waals surface area contributed by atoms with Gasteiger partial charge in [-0.1, -0.05) is 23.7 Å². The molecule has 1 aliphatic heterocycles. The van der Waals surface area contributed by atoms with E-state index >= 15 is 0 Å². The molecular weight excluding hydrogens is 382 g/mol. The van der Waals surface area contributed by atoms with Crippen LogP contribution in [0.3, 0.4) is 0 Å². The molecule has 1 aromatic carbocycles. The van der Waals surface area contributed by atoms with E-state index in [1.54, 1.807) is 40.8 Å². The Labute approximate surface area is 166 Å². The second kappa shape index (κ2) is 8.06. The number of thiazole rings is 1. The molecule has 2 aromatic heterocycles. The normalized spacial score (nSPS) is 14.9. The monoisotopic (exact) mass is 399 g/mol. The third-order valence-corrected chi connectivity index (χ3v) is 5.86. The number of nitrogens with zero attached hydrogens (tertiary/aromatic N) is 3. The fourth-order valence-corrected chi connectivity index (χ4v) is 4.24. The molecule has 1 amide bonds. The fraction of sp³-hybridized carbons (Fsp3) is 0.250. The van der Waals surface area contributed by atoms with Gasteiger partial charge in [-0.3, -0.25) is 4.98 Å².